The van der Waals surface area contributed by atoms with E-state index in [9.17, 15) is 0 Å². The highest BCUT2D eigenvalue weighted by atomic mass is 14.9. The molecular weight excluding hydrogens is 422 g/mol. The fourth-order valence-electron chi connectivity index (χ4n) is 5.29. The molecule has 0 amide bonds. The van der Waals surface area contributed by atoms with Crippen LogP contribution in [0.2, 0.25) is 0 Å². The lowest BCUT2D eigenvalue weighted by molar-refractivity contribution is -0.697. The number of hydrogen-bond donors (Lipinski definition) is 0. The number of aromatic nitrogens is 1. The minimum atomic E-state index is 1.19. The van der Waals surface area contributed by atoms with Crippen LogP contribution in [0, 0.1) is 0 Å². The molecule has 0 fully saturated rings. The zero-order valence-corrected chi connectivity index (χ0v) is 24.3. The van der Waals surface area contributed by atoms with Crippen molar-refractivity contribution in [2.45, 2.75) is 187 Å². The van der Waals surface area contributed by atoms with Gasteiger partial charge in [0.25, 0.3) is 0 Å². The second-order valence-electron chi connectivity index (χ2n) is 11.3. The van der Waals surface area contributed by atoms with Crippen molar-refractivity contribution >= 4 is 0 Å². The molecule has 204 valence electrons. The zero-order chi connectivity index (χ0) is 25.1. The van der Waals surface area contributed by atoms with Gasteiger partial charge in [0.2, 0.25) is 0 Å². The molecule has 1 nitrogen and oxygen atoms in total. The molecule has 0 radical (unpaired) electrons. The average Bonchev–Trinajstić information content (AvgIpc) is 2.88. The Hall–Kier alpha value is -0.850. The van der Waals surface area contributed by atoms with Gasteiger partial charge in [-0.05, 0) is 24.8 Å². The van der Waals surface area contributed by atoms with Crippen molar-refractivity contribution in [1.82, 2.24) is 0 Å². The minimum absolute atomic E-state index is 1.19. The molecule has 0 aromatic carbocycles. The molecule has 0 aliphatic carbocycles. The van der Waals surface area contributed by atoms with Crippen LogP contribution in [0.1, 0.15) is 180 Å². The first-order valence-electron chi connectivity index (χ1n) is 16.3. The summed E-state index contributed by atoms with van der Waals surface area (Å²) >= 11 is 0. The van der Waals surface area contributed by atoms with Gasteiger partial charge < -0.3 is 0 Å². The van der Waals surface area contributed by atoms with E-state index in [0.717, 1.165) is 0 Å². The number of rotatable bonds is 27. The van der Waals surface area contributed by atoms with Crippen LogP contribution in [0.15, 0.2) is 24.5 Å². The molecule has 0 bridgehead atoms. The highest BCUT2D eigenvalue weighted by Crippen LogP contribution is 2.14. The van der Waals surface area contributed by atoms with Crippen LogP contribution >= 0.6 is 0 Å². The lowest BCUT2D eigenvalue weighted by Crippen LogP contribution is -2.32. The molecule has 0 aliphatic rings. The van der Waals surface area contributed by atoms with Gasteiger partial charge in [-0.15, -0.1) is 0 Å². The van der Waals surface area contributed by atoms with Crippen molar-refractivity contribution in [3.8, 4) is 0 Å². The lowest BCUT2D eigenvalue weighted by Gasteiger charge is -2.04. The molecule has 0 aliphatic heterocycles. The monoisotopic (exact) mass is 487 g/mol. The van der Waals surface area contributed by atoms with E-state index in [1.165, 1.54) is 179 Å². The zero-order valence-electron chi connectivity index (χ0n) is 24.3. The third-order valence-corrected chi connectivity index (χ3v) is 7.80. The van der Waals surface area contributed by atoms with Gasteiger partial charge in [0.05, 0.1) is 0 Å². The van der Waals surface area contributed by atoms with Gasteiger partial charge in [-0.2, -0.15) is 0 Å². The van der Waals surface area contributed by atoms with Crippen molar-refractivity contribution in [2.75, 3.05) is 0 Å². The van der Waals surface area contributed by atoms with Crippen molar-refractivity contribution in [2.24, 2.45) is 0 Å². The summed E-state index contributed by atoms with van der Waals surface area (Å²) < 4.78 is 2.39. The standard InChI is InChI=1S/C34H64N/c1-3-5-7-9-11-13-15-16-17-18-19-21-23-25-27-31-35-32-29-34(30-33-35)28-26-24-22-20-14-12-10-8-6-4-2/h29-30,32-33H,3-28,31H2,1-2H3/q+1. The Morgan fingerprint density at radius 1 is 0.400 bits per heavy atom. The van der Waals surface area contributed by atoms with Crippen LogP contribution in [0.4, 0.5) is 0 Å². The van der Waals surface area contributed by atoms with Gasteiger partial charge in [-0.1, -0.05) is 155 Å². The van der Waals surface area contributed by atoms with Crippen molar-refractivity contribution in [3.63, 3.8) is 0 Å². The maximum atomic E-state index is 2.39. The van der Waals surface area contributed by atoms with Crippen LogP contribution in [0.5, 0.6) is 0 Å². The molecule has 0 atom stereocenters. The van der Waals surface area contributed by atoms with Crippen LogP contribution in [0.3, 0.4) is 0 Å². The Bertz CT molecular complexity index is 520. The largest absolute Gasteiger partial charge is 0.205 e. The number of aryl methyl sites for hydroxylation is 2. The molecule has 1 heteroatoms. The Morgan fingerprint density at radius 2 is 0.714 bits per heavy atom. The highest BCUT2D eigenvalue weighted by molar-refractivity contribution is 5.07. The normalized spacial score (nSPS) is 11.4. The molecule has 1 aromatic rings. The third kappa shape index (κ3) is 22.1. The number of nitrogens with zero attached hydrogens (tertiary/aromatic N) is 1. The van der Waals surface area contributed by atoms with Crippen molar-refractivity contribution in [1.29, 1.82) is 0 Å². The summed E-state index contributed by atoms with van der Waals surface area (Å²) in [5.41, 5.74) is 1.53. The molecule has 1 aromatic heterocycles. The molecule has 35 heavy (non-hydrogen) atoms. The van der Waals surface area contributed by atoms with Crippen molar-refractivity contribution in [3.05, 3.63) is 30.1 Å². The molecule has 1 heterocycles. The van der Waals surface area contributed by atoms with E-state index < -0.39 is 0 Å². The molecular formula is C34H64N+. The van der Waals surface area contributed by atoms with Gasteiger partial charge in [-0.25, -0.2) is 4.57 Å². The SMILES string of the molecule is CCCCCCCCCCCCCCCCC[n+]1ccc(CCCCCCCCCCCC)cc1. The third-order valence-electron chi connectivity index (χ3n) is 7.80. The van der Waals surface area contributed by atoms with Crippen LogP contribution < -0.4 is 4.57 Å². The maximum absolute atomic E-state index is 2.39. The predicted molar refractivity (Wildman–Crippen MR) is 157 cm³/mol. The van der Waals surface area contributed by atoms with Gasteiger partial charge in [0, 0.05) is 18.6 Å². The summed E-state index contributed by atoms with van der Waals surface area (Å²) in [7, 11) is 0. The Morgan fingerprint density at radius 3 is 1.09 bits per heavy atom. The lowest BCUT2D eigenvalue weighted by atomic mass is 10.0. The van der Waals surface area contributed by atoms with Crippen LogP contribution in [-0.4, -0.2) is 0 Å². The van der Waals surface area contributed by atoms with E-state index in [-0.39, 0.29) is 0 Å². The van der Waals surface area contributed by atoms with Crippen molar-refractivity contribution < 1.29 is 4.57 Å². The average molecular weight is 487 g/mol. The fourth-order valence-corrected chi connectivity index (χ4v) is 5.29. The Labute approximate surface area is 221 Å². The van der Waals surface area contributed by atoms with E-state index in [0.29, 0.717) is 0 Å². The fraction of sp³-hybridized carbons (Fsp3) is 0.853. The minimum Gasteiger partial charge on any atom is -0.205 e. The molecule has 0 spiro atoms. The van der Waals surface area contributed by atoms with E-state index >= 15 is 0 Å². The molecule has 0 unspecified atom stereocenters. The van der Waals surface area contributed by atoms with Gasteiger partial charge in [0.1, 0.15) is 6.54 Å². The highest BCUT2D eigenvalue weighted by Gasteiger charge is 2.02. The number of hydrogen-bond acceptors (Lipinski definition) is 0. The van der Waals surface area contributed by atoms with Gasteiger partial charge >= 0.3 is 0 Å². The molecule has 1 rings (SSSR count). The van der Waals surface area contributed by atoms with E-state index in [4.69, 9.17) is 0 Å². The predicted octanol–water partition coefficient (Wildman–Crippen LogP) is 11.3. The molecule has 0 saturated heterocycles. The summed E-state index contributed by atoms with van der Waals surface area (Å²) in [6.45, 7) is 5.79. The van der Waals surface area contributed by atoms with Gasteiger partial charge in [-0.3, -0.25) is 0 Å². The topological polar surface area (TPSA) is 3.88 Å². The van der Waals surface area contributed by atoms with E-state index in [1.807, 2.05) is 0 Å². The van der Waals surface area contributed by atoms with E-state index in [1.54, 1.807) is 0 Å². The molecule has 0 saturated carbocycles. The summed E-state index contributed by atoms with van der Waals surface area (Å²) in [4.78, 5) is 0. The second kappa shape index (κ2) is 26.2. The first-order valence-corrected chi connectivity index (χ1v) is 16.3. The summed E-state index contributed by atoms with van der Waals surface area (Å²) in [5, 5.41) is 0. The number of unbranched alkanes of at least 4 members (excludes halogenated alkanes) is 23. The smallest absolute Gasteiger partial charge is 0.169 e. The maximum Gasteiger partial charge on any atom is 0.169 e. The van der Waals surface area contributed by atoms with Crippen LogP contribution in [0.25, 0.3) is 0 Å². The summed E-state index contributed by atoms with van der Waals surface area (Å²) in [6.07, 6.45) is 41.7. The summed E-state index contributed by atoms with van der Waals surface area (Å²) in [6, 6.07) is 4.72. The van der Waals surface area contributed by atoms with Crippen LogP contribution in [-0.2, 0) is 13.0 Å². The Kier molecular flexibility index (Phi) is 24.1. The summed E-state index contributed by atoms with van der Waals surface area (Å²) in [5.74, 6) is 0. The van der Waals surface area contributed by atoms with E-state index in [2.05, 4.69) is 42.9 Å². The first-order chi connectivity index (χ1) is 17.4. The second-order valence-corrected chi connectivity index (χ2v) is 11.3. The first kappa shape index (κ1) is 32.2. The Balaban J connectivity index is 1.85. The molecule has 0 N–H and O–H groups in total. The van der Waals surface area contributed by atoms with Gasteiger partial charge in [0.15, 0.2) is 12.4 Å². The number of pyridine rings is 1. The quantitative estimate of drug-likeness (QED) is 0.0859.